The van der Waals surface area contributed by atoms with Crippen molar-refractivity contribution >= 4 is 50.7 Å². The molecule has 0 radical (unpaired) electrons. The largest absolute Gasteiger partial charge is 0.352 e. The van der Waals surface area contributed by atoms with E-state index in [2.05, 4.69) is 5.32 Å². The van der Waals surface area contributed by atoms with Crippen LogP contribution in [-0.4, -0.2) is 50.0 Å². The Bertz CT molecular complexity index is 1190. The van der Waals surface area contributed by atoms with E-state index in [0.29, 0.717) is 12.0 Å². The van der Waals surface area contributed by atoms with Gasteiger partial charge in [-0.2, -0.15) is 0 Å². The van der Waals surface area contributed by atoms with Gasteiger partial charge in [0.25, 0.3) is 0 Å². The van der Waals surface area contributed by atoms with Crippen molar-refractivity contribution in [1.29, 1.82) is 0 Å². The summed E-state index contributed by atoms with van der Waals surface area (Å²) in [6.45, 7) is 1.25. The van der Waals surface area contributed by atoms with Crippen molar-refractivity contribution in [2.45, 2.75) is 57.7 Å². The second-order valence-corrected chi connectivity index (χ2v) is 11.7. The van der Waals surface area contributed by atoms with Crippen LogP contribution in [0.4, 0.5) is 10.1 Å². The second-order valence-electron chi connectivity index (χ2n) is 8.93. The van der Waals surface area contributed by atoms with Crippen LogP contribution in [0.15, 0.2) is 42.5 Å². The number of nitrogens with zero attached hydrogens (tertiary/aromatic N) is 2. The maximum atomic E-state index is 13.6. The Hall–Kier alpha value is -2.36. The van der Waals surface area contributed by atoms with Crippen molar-refractivity contribution in [2.24, 2.45) is 0 Å². The zero-order chi connectivity index (χ0) is 26.5. The van der Waals surface area contributed by atoms with Crippen LogP contribution >= 0.6 is 23.2 Å². The first-order valence-electron chi connectivity index (χ1n) is 11.8. The third-order valence-corrected chi connectivity index (χ3v) is 8.10. The first-order valence-corrected chi connectivity index (χ1v) is 14.4. The number of carbonyl (C=O) groups is 2. The minimum absolute atomic E-state index is 0.00861. The molecular formula is C25H30Cl2FN3O4S. The molecule has 1 saturated carbocycles. The van der Waals surface area contributed by atoms with E-state index in [4.69, 9.17) is 23.2 Å². The van der Waals surface area contributed by atoms with Gasteiger partial charge < -0.3 is 10.2 Å². The quantitative estimate of drug-likeness (QED) is 0.456. The Morgan fingerprint density at radius 2 is 1.72 bits per heavy atom. The number of nitrogens with one attached hydrogen (secondary N) is 1. The SMILES string of the molecule is CC[C@H](C(=O)NC1CCCC1)N(Cc1ccc(F)cc1)C(=O)CN(c1ccc(Cl)c(Cl)c1)S(C)(=O)=O. The highest BCUT2D eigenvalue weighted by Gasteiger charge is 2.33. The normalized spacial score (nSPS) is 14.9. The van der Waals surface area contributed by atoms with Gasteiger partial charge in [0.05, 0.1) is 22.0 Å². The van der Waals surface area contributed by atoms with Crippen LogP contribution in [0.1, 0.15) is 44.6 Å². The molecule has 1 N–H and O–H groups in total. The van der Waals surface area contributed by atoms with Gasteiger partial charge in [-0.1, -0.05) is 55.1 Å². The lowest BCUT2D eigenvalue weighted by atomic mass is 10.1. The summed E-state index contributed by atoms with van der Waals surface area (Å²) in [5, 5.41) is 3.42. The number of sulfonamides is 1. The van der Waals surface area contributed by atoms with E-state index in [1.165, 1.54) is 47.4 Å². The molecule has 1 aliphatic carbocycles. The lowest BCUT2D eigenvalue weighted by Crippen LogP contribution is -2.53. The summed E-state index contributed by atoms with van der Waals surface area (Å²) in [6, 6.07) is 9.10. The maximum Gasteiger partial charge on any atom is 0.244 e. The number of hydrogen-bond acceptors (Lipinski definition) is 4. The smallest absolute Gasteiger partial charge is 0.244 e. The zero-order valence-electron chi connectivity index (χ0n) is 20.2. The Morgan fingerprint density at radius 3 is 2.28 bits per heavy atom. The van der Waals surface area contributed by atoms with Gasteiger partial charge in [-0.05, 0) is 55.2 Å². The summed E-state index contributed by atoms with van der Waals surface area (Å²) in [5.41, 5.74) is 0.780. The third kappa shape index (κ3) is 7.33. The van der Waals surface area contributed by atoms with Crippen molar-refractivity contribution in [2.75, 3.05) is 17.1 Å². The van der Waals surface area contributed by atoms with Gasteiger partial charge in [0.1, 0.15) is 18.4 Å². The third-order valence-electron chi connectivity index (χ3n) is 6.22. The molecule has 1 atom stereocenters. The number of anilines is 1. The molecule has 1 fully saturated rings. The molecule has 0 heterocycles. The fourth-order valence-corrected chi connectivity index (χ4v) is 5.46. The molecule has 2 amide bonds. The average molecular weight is 559 g/mol. The van der Waals surface area contributed by atoms with Crippen LogP contribution in [0.25, 0.3) is 0 Å². The molecule has 0 aliphatic heterocycles. The minimum atomic E-state index is -3.89. The Kier molecular flexibility index (Phi) is 9.60. The molecule has 196 valence electrons. The molecular weight excluding hydrogens is 528 g/mol. The molecule has 7 nitrogen and oxygen atoms in total. The summed E-state index contributed by atoms with van der Waals surface area (Å²) in [6.07, 6.45) is 5.13. The van der Waals surface area contributed by atoms with Gasteiger partial charge in [0.2, 0.25) is 21.8 Å². The van der Waals surface area contributed by atoms with Gasteiger partial charge >= 0.3 is 0 Å². The Labute approximate surface area is 221 Å². The van der Waals surface area contributed by atoms with E-state index in [1.54, 1.807) is 6.92 Å². The average Bonchev–Trinajstić information content (AvgIpc) is 3.32. The fraction of sp³-hybridized carbons (Fsp3) is 0.440. The number of amides is 2. The number of carbonyl (C=O) groups excluding carboxylic acids is 2. The topological polar surface area (TPSA) is 86.8 Å². The van der Waals surface area contributed by atoms with Crippen molar-refractivity contribution < 1.29 is 22.4 Å². The van der Waals surface area contributed by atoms with Crippen molar-refractivity contribution in [1.82, 2.24) is 10.2 Å². The fourth-order valence-electron chi connectivity index (χ4n) is 4.33. The molecule has 2 aromatic rings. The number of rotatable bonds is 10. The highest BCUT2D eigenvalue weighted by molar-refractivity contribution is 7.92. The van der Waals surface area contributed by atoms with Crippen LogP contribution in [0, 0.1) is 5.82 Å². The first kappa shape index (κ1) is 28.2. The van der Waals surface area contributed by atoms with Crippen LogP contribution in [-0.2, 0) is 26.2 Å². The van der Waals surface area contributed by atoms with Gasteiger partial charge in [-0.15, -0.1) is 0 Å². The summed E-state index contributed by atoms with van der Waals surface area (Å²) < 4.78 is 39.7. The highest BCUT2D eigenvalue weighted by Crippen LogP contribution is 2.29. The van der Waals surface area contributed by atoms with E-state index >= 15 is 0 Å². The number of hydrogen-bond donors (Lipinski definition) is 1. The molecule has 1 aliphatic rings. The van der Waals surface area contributed by atoms with Crippen LogP contribution < -0.4 is 9.62 Å². The minimum Gasteiger partial charge on any atom is -0.352 e. The van der Waals surface area contributed by atoms with Gasteiger partial charge in [0.15, 0.2) is 0 Å². The lowest BCUT2D eigenvalue weighted by Gasteiger charge is -2.33. The summed E-state index contributed by atoms with van der Waals surface area (Å²) in [5.74, 6) is -1.30. The van der Waals surface area contributed by atoms with Gasteiger partial charge in [-0.25, -0.2) is 12.8 Å². The predicted octanol–water partition coefficient (Wildman–Crippen LogP) is 4.76. The van der Waals surface area contributed by atoms with E-state index in [0.717, 1.165) is 36.2 Å². The van der Waals surface area contributed by atoms with Crippen LogP contribution in [0.5, 0.6) is 0 Å². The van der Waals surface area contributed by atoms with Gasteiger partial charge in [0, 0.05) is 12.6 Å². The molecule has 36 heavy (non-hydrogen) atoms. The number of halogens is 3. The monoisotopic (exact) mass is 557 g/mol. The summed E-state index contributed by atoms with van der Waals surface area (Å²) in [4.78, 5) is 28.2. The predicted molar refractivity (Wildman–Crippen MR) is 140 cm³/mol. The lowest BCUT2D eigenvalue weighted by molar-refractivity contribution is -0.140. The summed E-state index contributed by atoms with van der Waals surface area (Å²) in [7, 11) is -3.89. The molecule has 0 aromatic heterocycles. The van der Waals surface area contributed by atoms with E-state index in [9.17, 15) is 22.4 Å². The zero-order valence-corrected chi connectivity index (χ0v) is 22.5. The Balaban J connectivity index is 1.92. The first-order chi connectivity index (χ1) is 17.0. The second kappa shape index (κ2) is 12.3. The molecule has 11 heteroatoms. The van der Waals surface area contributed by atoms with Crippen molar-refractivity contribution in [3.8, 4) is 0 Å². The molecule has 0 spiro atoms. The molecule has 0 unspecified atom stereocenters. The molecule has 3 rings (SSSR count). The van der Waals surface area contributed by atoms with E-state index < -0.39 is 34.3 Å². The van der Waals surface area contributed by atoms with Crippen LogP contribution in [0.2, 0.25) is 10.0 Å². The van der Waals surface area contributed by atoms with Crippen molar-refractivity contribution in [3.63, 3.8) is 0 Å². The van der Waals surface area contributed by atoms with E-state index in [1.807, 2.05) is 0 Å². The highest BCUT2D eigenvalue weighted by atomic mass is 35.5. The Morgan fingerprint density at radius 1 is 1.08 bits per heavy atom. The summed E-state index contributed by atoms with van der Waals surface area (Å²) >= 11 is 12.1. The maximum absolute atomic E-state index is 13.6. The number of benzene rings is 2. The van der Waals surface area contributed by atoms with Crippen LogP contribution in [0.3, 0.4) is 0 Å². The van der Waals surface area contributed by atoms with Crippen molar-refractivity contribution in [3.05, 3.63) is 63.9 Å². The molecule has 0 saturated heterocycles. The molecule has 2 aromatic carbocycles. The standard InChI is InChI=1S/C25H30Cl2FN3O4S/c1-3-23(25(33)29-19-6-4-5-7-19)30(15-17-8-10-18(28)11-9-17)24(32)16-31(36(2,34)35)20-12-13-21(26)22(27)14-20/h8-14,19,23H,3-7,15-16H2,1-2H3,(H,29,33)/t23-/m1/s1. The van der Waals surface area contributed by atoms with Gasteiger partial charge in [-0.3, -0.25) is 13.9 Å². The van der Waals surface area contributed by atoms with E-state index in [-0.39, 0.29) is 34.2 Å². The molecule has 0 bridgehead atoms.